The molecule has 0 aliphatic heterocycles. The lowest BCUT2D eigenvalue weighted by Gasteiger charge is -2.05. The number of nitrogens with one attached hydrogen (secondary N) is 1. The molecule has 0 saturated carbocycles. The number of hydrogen-bond donors (Lipinski definition) is 1. The first kappa shape index (κ1) is 11.9. The van der Waals surface area contributed by atoms with E-state index in [1.165, 1.54) is 5.56 Å². The predicted molar refractivity (Wildman–Crippen MR) is 78.3 cm³/mol. The molecule has 0 atom stereocenters. The monoisotopic (exact) mass is 287 g/mol. The molecule has 0 fully saturated rings. The maximum Gasteiger partial charge on any atom is 0.0466 e. The lowest BCUT2D eigenvalue weighted by atomic mass is 10.2. The van der Waals surface area contributed by atoms with Gasteiger partial charge in [0.25, 0.3) is 0 Å². The van der Waals surface area contributed by atoms with Crippen LogP contribution in [0, 0.1) is 0 Å². The molecule has 0 amide bonds. The third kappa shape index (κ3) is 4.08. The van der Waals surface area contributed by atoms with E-state index < -0.39 is 0 Å². The van der Waals surface area contributed by atoms with E-state index >= 15 is 0 Å². The van der Waals surface area contributed by atoms with Gasteiger partial charge in [0.2, 0.25) is 0 Å². The molecule has 0 unspecified atom stereocenters. The summed E-state index contributed by atoms with van der Waals surface area (Å²) in [6.07, 6.45) is 2.12. The highest BCUT2D eigenvalue weighted by Gasteiger charge is 1.94. The molecule has 0 spiro atoms. The Bertz CT molecular complexity index is 477. The normalized spacial score (nSPS) is 11.2. The number of anilines is 1. The maximum atomic E-state index is 3.57. The van der Waals surface area contributed by atoms with Crippen LogP contribution in [0.2, 0.25) is 0 Å². The van der Waals surface area contributed by atoms with Crippen molar-refractivity contribution in [2.45, 2.75) is 0 Å². The summed E-state index contributed by atoms with van der Waals surface area (Å²) in [7, 11) is 0. The highest BCUT2D eigenvalue weighted by molar-refractivity contribution is 9.11. The first-order valence-electron chi connectivity index (χ1n) is 5.54. The molecule has 0 aliphatic rings. The Balaban J connectivity index is 1.94. The van der Waals surface area contributed by atoms with Crippen molar-refractivity contribution in [1.29, 1.82) is 0 Å². The third-order valence-corrected chi connectivity index (χ3v) is 2.87. The highest BCUT2D eigenvalue weighted by atomic mass is 79.9. The zero-order valence-corrected chi connectivity index (χ0v) is 11.0. The molecule has 2 heteroatoms. The van der Waals surface area contributed by atoms with Crippen molar-refractivity contribution in [3.63, 3.8) is 0 Å². The Labute approximate surface area is 110 Å². The Hall–Kier alpha value is -1.54. The van der Waals surface area contributed by atoms with Gasteiger partial charge in [-0.3, -0.25) is 0 Å². The lowest BCUT2D eigenvalue weighted by Crippen LogP contribution is -2.00. The first-order valence-corrected chi connectivity index (χ1v) is 6.34. The summed E-state index contributed by atoms with van der Waals surface area (Å²) in [6.45, 7) is 0.791. The SMILES string of the molecule is Br/C(=C\c1ccccc1)CNc1ccccc1. The number of benzene rings is 2. The average Bonchev–Trinajstić information content (AvgIpc) is 2.39. The van der Waals surface area contributed by atoms with Crippen molar-refractivity contribution in [3.8, 4) is 0 Å². The summed E-state index contributed by atoms with van der Waals surface area (Å²) < 4.78 is 1.13. The summed E-state index contributed by atoms with van der Waals surface area (Å²) >= 11 is 3.57. The van der Waals surface area contributed by atoms with Crippen molar-refractivity contribution in [3.05, 3.63) is 70.7 Å². The molecule has 2 aromatic rings. The average molecular weight is 288 g/mol. The molecule has 0 aliphatic carbocycles. The van der Waals surface area contributed by atoms with Crippen LogP contribution in [-0.4, -0.2) is 6.54 Å². The van der Waals surface area contributed by atoms with Crippen LogP contribution in [0.3, 0.4) is 0 Å². The minimum atomic E-state index is 0.791. The molecule has 86 valence electrons. The van der Waals surface area contributed by atoms with Crippen molar-refractivity contribution in [1.82, 2.24) is 0 Å². The van der Waals surface area contributed by atoms with Crippen molar-refractivity contribution in [2.75, 3.05) is 11.9 Å². The molecule has 0 bridgehead atoms. The maximum absolute atomic E-state index is 3.57. The van der Waals surface area contributed by atoms with Crippen molar-refractivity contribution < 1.29 is 0 Å². The fourth-order valence-corrected chi connectivity index (χ4v) is 1.93. The topological polar surface area (TPSA) is 12.0 Å². The molecule has 0 aromatic heterocycles. The Morgan fingerprint density at radius 1 is 0.941 bits per heavy atom. The molecule has 17 heavy (non-hydrogen) atoms. The summed E-state index contributed by atoms with van der Waals surface area (Å²) in [4.78, 5) is 0. The van der Waals surface area contributed by atoms with Gasteiger partial charge < -0.3 is 5.32 Å². The van der Waals surface area contributed by atoms with Crippen LogP contribution in [0.4, 0.5) is 5.69 Å². The van der Waals surface area contributed by atoms with Gasteiger partial charge in [0, 0.05) is 16.7 Å². The molecule has 0 saturated heterocycles. The van der Waals surface area contributed by atoms with E-state index in [1.807, 2.05) is 36.4 Å². The zero-order chi connectivity index (χ0) is 11.9. The molecule has 2 aromatic carbocycles. The van der Waals surface area contributed by atoms with E-state index in [-0.39, 0.29) is 0 Å². The Kier molecular flexibility index (Phi) is 4.39. The van der Waals surface area contributed by atoms with Gasteiger partial charge in [-0.25, -0.2) is 0 Å². The van der Waals surface area contributed by atoms with Crippen molar-refractivity contribution >= 4 is 27.7 Å². The van der Waals surface area contributed by atoms with E-state index in [0.717, 1.165) is 16.7 Å². The van der Waals surface area contributed by atoms with E-state index in [0.29, 0.717) is 0 Å². The number of para-hydroxylation sites is 1. The second kappa shape index (κ2) is 6.26. The molecular weight excluding hydrogens is 274 g/mol. The summed E-state index contributed by atoms with van der Waals surface area (Å²) in [5.41, 5.74) is 2.33. The van der Waals surface area contributed by atoms with Gasteiger partial charge in [-0.15, -0.1) is 0 Å². The van der Waals surface area contributed by atoms with Crippen LogP contribution < -0.4 is 5.32 Å². The molecule has 2 rings (SSSR count). The van der Waals surface area contributed by atoms with Crippen LogP contribution in [0.1, 0.15) is 5.56 Å². The molecular formula is C15H14BrN. The van der Waals surface area contributed by atoms with E-state index in [9.17, 15) is 0 Å². The van der Waals surface area contributed by atoms with Crippen LogP contribution in [0.15, 0.2) is 65.1 Å². The van der Waals surface area contributed by atoms with E-state index in [4.69, 9.17) is 0 Å². The lowest BCUT2D eigenvalue weighted by molar-refractivity contribution is 1.33. The van der Waals surface area contributed by atoms with Gasteiger partial charge in [0.1, 0.15) is 0 Å². The van der Waals surface area contributed by atoms with Crippen molar-refractivity contribution in [2.24, 2.45) is 0 Å². The van der Waals surface area contributed by atoms with E-state index in [1.54, 1.807) is 0 Å². The minimum Gasteiger partial charge on any atom is -0.380 e. The largest absolute Gasteiger partial charge is 0.380 e. The van der Waals surface area contributed by atoms with Crippen LogP contribution in [0.5, 0.6) is 0 Å². The van der Waals surface area contributed by atoms with Gasteiger partial charge in [0.05, 0.1) is 0 Å². The molecule has 1 N–H and O–H groups in total. The summed E-state index contributed by atoms with van der Waals surface area (Å²) in [6, 6.07) is 20.5. The molecule has 0 heterocycles. The number of halogens is 1. The van der Waals surface area contributed by atoms with Crippen LogP contribution in [-0.2, 0) is 0 Å². The van der Waals surface area contributed by atoms with Gasteiger partial charge in [-0.05, 0) is 23.8 Å². The fourth-order valence-electron chi connectivity index (χ4n) is 1.52. The first-order chi connectivity index (χ1) is 8.34. The highest BCUT2D eigenvalue weighted by Crippen LogP contribution is 2.13. The summed E-state index contributed by atoms with van der Waals surface area (Å²) in [5.74, 6) is 0. The van der Waals surface area contributed by atoms with E-state index in [2.05, 4.69) is 51.6 Å². The summed E-state index contributed by atoms with van der Waals surface area (Å²) in [5, 5.41) is 3.35. The van der Waals surface area contributed by atoms with Crippen LogP contribution >= 0.6 is 15.9 Å². The fraction of sp³-hybridized carbons (Fsp3) is 0.0667. The zero-order valence-electron chi connectivity index (χ0n) is 9.44. The molecule has 1 nitrogen and oxygen atoms in total. The Morgan fingerprint density at radius 2 is 1.53 bits per heavy atom. The Morgan fingerprint density at radius 3 is 2.18 bits per heavy atom. The van der Waals surface area contributed by atoms with Gasteiger partial charge >= 0.3 is 0 Å². The molecule has 0 radical (unpaired) electrons. The quantitative estimate of drug-likeness (QED) is 0.871. The van der Waals surface area contributed by atoms with Gasteiger partial charge in [0.15, 0.2) is 0 Å². The second-order valence-corrected chi connectivity index (χ2v) is 4.74. The van der Waals surface area contributed by atoms with Gasteiger partial charge in [-0.1, -0.05) is 64.5 Å². The predicted octanol–water partition coefficient (Wildman–Crippen LogP) is 4.53. The standard InChI is InChI=1S/C15H14BrN/c16-14(11-13-7-3-1-4-8-13)12-17-15-9-5-2-6-10-15/h1-11,17H,12H2/b14-11-. The number of rotatable bonds is 4. The van der Waals surface area contributed by atoms with Crippen LogP contribution in [0.25, 0.3) is 6.08 Å². The third-order valence-electron chi connectivity index (χ3n) is 2.36. The number of hydrogen-bond acceptors (Lipinski definition) is 1. The minimum absolute atomic E-state index is 0.791. The second-order valence-electron chi connectivity index (χ2n) is 3.72. The van der Waals surface area contributed by atoms with Gasteiger partial charge in [-0.2, -0.15) is 0 Å². The smallest absolute Gasteiger partial charge is 0.0466 e.